The number of carbonyl (C=O) groups is 1. The molecule has 26 heavy (non-hydrogen) atoms. The van der Waals surface area contributed by atoms with Gasteiger partial charge in [-0.1, -0.05) is 18.2 Å². The van der Waals surface area contributed by atoms with Gasteiger partial charge in [-0.05, 0) is 74.2 Å². The lowest BCUT2D eigenvalue weighted by Crippen LogP contribution is -2.40. The van der Waals surface area contributed by atoms with Crippen LogP contribution < -0.4 is 5.32 Å². The Labute approximate surface area is 153 Å². The second-order valence-electron chi connectivity index (χ2n) is 6.84. The van der Waals surface area contributed by atoms with Crippen LogP contribution in [0.5, 0.6) is 0 Å². The van der Waals surface area contributed by atoms with Gasteiger partial charge in [-0.3, -0.25) is 4.79 Å². The van der Waals surface area contributed by atoms with Crippen LogP contribution in [-0.2, 0) is 6.42 Å². The lowest BCUT2D eigenvalue weighted by molar-refractivity contribution is 0.0944. The van der Waals surface area contributed by atoms with Crippen molar-refractivity contribution in [2.24, 2.45) is 5.92 Å². The zero-order valence-electron chi connectivity index (χ0n) is 14.8. The number of nitrogens with zero attached hydrogens (tertiary/aromatic N) is 1. The van der Waals surface area contributed by atoms with Gasteiger partial charge in [0.25, 0.3) is 5.91 Å². The number of hydrogen-bond acceptors (Lipinski definition) is 2. The molecule has 5 heteroatoms. The Morgan fingerprint density at radius 3 is 2.42 bits per heavy atom. The molecule has 0 saturated carbocycles. The van der Waals surface area contributed by atoms with Gasteiger partial charge < -0.3 is 10.2 Å². The predicted molar refractivity (Wildman–Crippen MR) is 98.0 cm³/mol. The number of hydrogen-bond donors (Lipinski definition) is 1. The molecule has 3 nitrogen and oxygen atoms in total. The molecular formula is C21H24F2N2O. The van der Waals surface area contributed by atoms with Crippen molar-refractivity contribution in [3.05, 3.63) is 71.3 Å². The first kappa shape index (κ1) is 18.5. The Morgan fingerprint density at radius 1 is 1.04 bits per heavy atom. The van der Waals surface area contributed by atoms with Crippen molar-refractivity contribution in [1.82, 2.24) is 10.2 Å². The van der Waals surface area contributed by atoms with Gasteiger partial charge in [0, 0.05) is 18.7 Å². The van der Waals surface area contributed by atoms with Crippen LogP contribution in [0.1, 0.15) is 28.8 Å². The Bertz CT molecular complexity index is 725. The first-order chi connectivity index (χ1) is 12.6. The van der Waals surface area contributed by atoms with E-state index in [9.17, 15) is 13.6 Å². The third-order valence-electron chi connectivity index (χ3n) is 4.99. The lowest BCUT2D eigenvalue weighted by Gasteiger charge is -2.32. The van der Waals surface area contributed by atoms with E-state index in [-0.39, 0.29) is 17.5 Å². The Morgan fingerprint density at radius 2 is 1.73 bits per heavy atom. The molecular weight excluding hydrogens is 334 g/mol. The average molecular weight is 358 g/mol. The zero-order valence-corrected chi connectivity index (χ0v) is 14.8. The quantitative estimate of drug-likeness (QED) is 0.855. The summed E-state index contributed by atoms with van der Waals surface area (Å²) in [6, 6.07) is 12.5. The summed E-state index contributed by atoms with van der Waals surface area (Å²) in [7, 11) is 0. The summed E-state index contributed by atoms with van der Waals surface area (Å²) in [4.78, 5) is 14.3. The van der Waals surface area contributed by atoms with E-state index in [0.29, 0.717) is 18.0 Å². The topological polar surface area (TPSA) is 32.3 Å². The maximum Gasteiger partial charge on any atom is 0.251 e. The molecule has 1 heterocycles. The van der Waals surface area contributed by atoms with Crippen LogP contribution in [-0.4, -0.2) is 37.0 Å². The second-order valence-corrected chi connectivity index (χ2v) is 6.84. The van der Waals surface area contributed by atoms with Gasteiger partial charge in [0.05, 0.1) is 0 Å². The Kier molecular flexibility index (Phi) is 6.34. The van der Waals surface area contributed by atoms with Crippen molar-refractivity contribution in [3.63, 3.8) is 0 Å². The van der Waals surface area contributed by atoms with Crippen molar-refractivity contribution in [2.75, 3.05) is 26.2 Å². The first-order valence-electron chi connectivity index (χ1n) is 9.11. The minimum absolute atomic E-state index is 0.113. The molecule has 2 aromatic rings. The molecule has 1 aliphatic heterocycles. The molecule has 0 aliphatic carbocycles. The molecule has 1 N–H and O–H groups in total. The fraction of sp³-hybridized carbons (Fsp3) is 0.381. The normalized spacial score (nSPS) is 15.8. The molecule has 0 aromatic heterocycles. The summed E-state index contributed by atoms with van der Waals surface area (Å²) < 4.78 is 26.6. The largest absolute Gasteiger partial charge is 0.351 e. The van der Waals surface area contributed by atoms with E-state index >= 15 is 0 Å². The van der Waals surface area contributed by atoms with Gasteiger partial charge in [-0.15, -0.1) is 0 Å². The van der Waals surface area contributed by atoms with E-state index < -0.39 is 0 Å². The van der Waals surface area contributed by atoms with E-state index in [1.165, 1.54) is 30.3 Å². The van der Waals surface area contributed by atoms with Crippen molar-refractivity contribution in [3.8, 4) is 0 Å². The maximum absolute atomic E-state index is 13.8. The summed E-state index contributed by atoms with van der Waals surface area (Å²) in [6.07, 6.45) is 2.88. The predicted octanol–water partition coefficient (Wildman–Crippen LogP) is 3.65. The van der Waals surface area contributed by atoms with E-state index in [1.54, 1.807) is 6.07 Å². The number of benzene rings is 2. The van der Waals surface area contributed by atoms with Crippen LogP contribution in [0.25, 0.3) is 0 Å². The molecule has 0 atom stereocenters. The van der Waals surface area contributed by atoms with Gasteiger partial charge in [0.15, 0.2) is 0 Å². The van der Waals surface area contributed by atoms with E-state index in [0.717, 1.165) is 44.5 Å². The molecule has 2 aromatic carbocycles. The van der Waals surface area contributed by atoms with Crippen molar-refractivity contribution < 1.29 is 13.6 Å². The van der Waals surface area contributed by atoms with Crippen molar-refractivity contribution >= 4 is 5.91 Å². The highest BCUT2D eigenvalue weighted by atomic mass is 19.1. The molecule has 3 rings (SSSR count). The van der Waals surface area contributed by atoms with Crippen molar-refractivity contribution in [2.45, 2.75) is 19.3 Å². The van der Waals surface area contributed by atoms with Gasteiger partial charge >= 0.3 is 0 Å². The summed E-state index contributed by atoms with van der Waals surface area (Å²) in [6.45, 7) is 3.28. The number of nitrogens with one attached hydrogen (secondary N) is 1. The fourth-order valence-electron chi connectivity index (χ4n) is 3.42. The highest BCUT2D eigenvalue weighted by molar-refractivity contribution is 5.94. The van der Waals surface area contributed by atoms with Crippen LogP contribution in [0.4, 0.5) is 8.78 Å². The third-order valence-corrected chi connectivity index (χ3v) is 4.99. The molecule has 0 spiro atoms. The summed E-state index contributed by atoms with van der Waals surface area (Å²) in [5.41, 5.74) is 1.27. The summed E-state index contributed by atoms with van der Waals surface area (Å²) >= 11 is 0. The molecule has 1 saturated heterocycles. The van der Waals surface area contributed by atoms with Crippen LogP contribution in [0, 0.1) is 17.6 Å². The minimum atomic E-state index is -0.347. The molecule has 138 valence electrons. The maximum atomic E-state index is 13.8. The van der Waals surface area contributed by atoms with Crippen LogP contribution in [0.3, 0.4) is 0 Å². The number of halogens is 2. The highest BCUT2D eigenvalue weighted by Gasteiger charge is 2.20. The zero-order chi connectivity index (χ0) is 18.4. The van der Waals surface area contributed by atoms with Crippen molar-refractivity contribution in [1.29, 1.82) is 0 Å². The summed E-state index contributed by atoms with van der Waals surface area (Å²) in [5.74, 6) is -0.130. The van der Waals surface area contributed by atoms with E-state index in [2.05, 4.69) is 10.2 Å². The van der Waals surface area contributed by atoms with Crippen LogP contribution in [0.15, 0.2) is 48.5 Å². The van der Waals surface area contributed by atoms with Gasteiger partial charge in [0.1, 0.15) is 11.6 Å². The lowest BCUT2D eigenvalue weighted by atomic mass is 9.90. The van der Waals surface area contributed by atoms with Gasteiger partial charge in [0.2, 0.25) is 0 Å². The number of piperidine rings is 1. The number of amides is 1. The monoisotopic (exact) mass is 358 g/mol. The van der Waals surface area contributed by atoms with Gasteiger partial charge in [-0.25, -0.2) is 8.78 Å². The number of carbonyl (C=O) groups excluding carboxylic acids is 1. The molecule has 1 amide bonds. The standard InChI is InChI=1S/C21H24F2N2O/c22-19-7-5-17(6-8-19)21(26)24-11-14-25-12-9-16(10-13-25)15-18-3-1-2-4-20(18)23/h1-8,16H,9-15H2,(H,24,26). The molecule has 1 fully saturated rings. The summed E-state index contributed by atoms with van der Waals surface area (Å²) in [5, 5.41) is 2.87. The minimum Gasteiger partial charge on any atom is -0.351 e. The Balaban J connectivity index is 1.37. The number of rotatable bonds is 6. The Hall–Kier alpha value is -2.27. The smallest absolute Gasteiger partial charge is 0.251 e. The SMILES string of the molecule is O=C(NCCN1CCC(Cc2ccccc2F)CC1)c1ccc(F)cc1. The molecule has 0 unspecified atom stereocenters. The first-order valence-corrected chi connectivity index (χ1v) is 9.11. The number of likely N-dealkylation sites (tertiary alicyclic amines) is 1. The van der Waals surface area contributed by atoms with Crippen LogP contribution >= 0.6 is 0 Å². The fourth-order valence-corrected chi connectivity index (χ4v) is 3.42. The third kappa shape index (κ3) is 5.11. The van der Waals surface area contributed by atoms with E-state index in [1.807, 2.05) is 12.1 Å². The molecule has 0 radical (unpaired) electrons. The van der Waals surface area contributed by atoms with Gasteiger partial charge in [-0.2, -0.15) is 0 Å². The highest BCUT2D eigenvalue weighted by Crippen LogP contribution is 2.22. The molecule has 0 bridgehead atoms. The second kappa shape index (κ2) is 8.90. The van der Waals surface area contributed by atoms with E-state index in [4.69, 9.17) is 0 Å². The average Bonchev–Trinajstić information content (AvgIpc) is 2.65. The molecule has 1 aliphatic rings. The van der Waals surface area contributed by atoms with Crippen LogP contribution in [0.2, 0.25) is 0 Å².